The van der Waals surface area contributed by atoms with Gasteiger partial charge >= 0.3 is 0 Å². The Balaban J connectivity index is 1.72. The van der Waals surface area contributed by atoms with E-state index in [4.69, 9.17) is 0 Å². The van der Waals surface area contributed by atoms with Crippen LogP contribution in [-0.2, 0) is 4.79 Å². The lowest BCUT2D eigenvalue weighted by Crippen LogP contribution is -2.46. The van der Waals surface area contributed by atoms with Crippen LogP contribution in [0.2, 0.25) is 0 Å². The summed E-state index contributed by atoms with van der Waals surface area (Å²) >= 11 is 0. The Hall–Kier alpha value is -2.37. The van der Waals surface area contributed by atoms with Crippen molar-refractivity contribution in [3.8, 4) is 0 Å². The lowest BCUT2D eigenvalue weighted by Gasteiger charge is -2.20. The van der Waals surface area contributed by atoms with Crippen LogP contribution in [-0.4, -0.2) is 46.0 Å². The zero-order valence-corrected chi connectivity index (χ0v) is 11.9. The summed E-state index contributed by atoms with van der Waals surface area (Å²) in [6, 6.07) is 6.89. The molecule has 1 fully saturated rings. The molecule has 1 aliphatic heterocycles. The average Bonchev–Trinajstić information content (AvgIpc) is 3.15. The molecule has 0 aliphatic carbocycles. The van der Waals surface area contributed by atoms with Gasteiger partial charge in [0, 0.05) is 18.5 Å². The molecule has 6 nitrogen and oxygen atoms in total. The number of hydrogen-bond acceptors (Lipinski definition) is 3. The van der Waals surface area contributed by atoms with Gasteiger partial charge in [0.05, 0.1) is 5.52 Å². The molecule has 110 valence electrons. The number of nitrogens with zero attached hydrogens (tertiary/aromatic N) is 2. The Morgan fingerprint density at radius 2 is 2.00 bits per heavy atom. The first kappa shape index (κ1) is 13.6. The van der Waals surface area contributed by atoms with Gasteiger partial charge in [0.2, 0.25) is 5.91 Å². The van der Waals surface area contributed by atoms with Gasteiger partial charge in [0.25, 0.3) is 5.91 Å². The molecule has 0 radical (unpaired) electrons. The summed E-state index contributed by atoms with van der Waals surface area (Å²) in [5, 5.41) is 10.4. The van der Waals surface area contributed by atoms with E-state index in [1.165, 1.54) is 0 Å². The second kappa shape index (κ2) is 5.55. The molecule has 2 N–H and O–H groups in total. The molecule has 0 saturated carbocycles. The van der Waals surface area contributed by atoms with E-state index in [1.54, 1.807) is 11.8 Å². The van der Waals surface area contributed by atoms with Gasteiger partial charge in [-0.1, -0.05) is 18.2 Å². The van der Waals surface area contributed by atoms with Gasteiger partial charge in [0.15, 0.2) is 5.69 Å². The summed E-state index contributed by atoms with van der Waals surface area (Å²) in [6.07, 6.45) is 2.08. The Labute approximate surface area is 122 Å². The molecule has 1 unspecified atom stereocenters. The van der Waals surface area contributed by atoms with E-state index in [9.17, 15) is 9.59 Å². The number of rotatable bonds is 3. The van der Waals surface area contributed by atoms with Gasteiger partial charge in [-0.25, -0.2) is 0 Å². The van der Waals surface area contributed by atoms with Crippen molar-refractivity contribution in [3.63, 3.8) is 0 Å². The number of fused-ring (bicyclic) bond motifs is 1. The van der Waals surface area contributed by atoms with Crippen molar-refractivity contribution in [1.29, 1.82) is 0 Å². The van der Waals surface area contributed by atoms with E-state index in [-0.39, 0.29) is 11.8 Å². The first-order valence-corrected chi connectivity index (χ1v) is 7.19. The standard InChI is InChI=1S/C15H18N4O2/c1-10(15(21)19-8-4-5-9-19)16-14(20)13-11-6-2-3-7-12(11)17-18-13/h2-3,6-7,10H,4-5,8-9H2,1H3,(H,16,20)(H,17,18). The molecule has 3 rings (SSSR count). The van der Waals surface area contributed by atoms with E-state index in [0.717, 1.165) is 36.8 Å². The summed E-state index contributed by atoms with van der Waals surface area (Å²) in [5.74, 6) is -0.354. The molecule has 1 aliphatic rings. The number of aromatic amines is 1. The van der Waals surface area contributed by atoms with Crippen molar-refractivity contribution < 1.29 is 9.59 Å². The first-order chi connectivity index (χ1) is 10.2. The number of para-hydroxylation sites is 1. The molecule has 1 aromatic heterocycles. The molecule has 1 atom stereocenters. The summed E-state index contributed by atoms with van der Waals surface area (Å²) in [6.45, 7) is 3.28. The number of nitrogens with one attached hydrogen (secondary N) is 2. The minimum atomic E-state index is -0.536. The maximum atomic E-state index is 12.3. The smallest absolute Gasteiger partial charge is 0.273 e. The van der Waals surface area contributed by atoms with Gasteiger partial charge < -0.3 is 10.2 Å². The highest BCUT2D eigenvalue weighted by molar-refractivity contribution is 6.05. The van der Waals surface area contributed by atoms with Crippen molar-refractivity contribution in [2.45, 2.75) is 25.8 Å². The third-order valence-corrected chi connectivity index (χ3v) is 3.82. The zero-order chi connectivity index (χ0) is 14.8. The number of likely N-dealkylation sites (tertiary alicyclic amines) is 1. The number of carbonyl (C=O) groups excluding carboxylic acids is 2. The number of aromatic nitrogens is 2. The Bertz CT molecular complexity index is 673. The minimum Gasteiger partial charge on any atom is -0.341 e. The number of carbonyl (C=O) groups is 2. The number of benzene rings is 1. The van der Waals surface area contributed by atoms with Crippen molar-refractivity contribution in [2.24, 2.45) is 0 Å². The predicted octanol–water partition coefficient (Wildman–Crippen LogP) is 1.30. The van der Waals surface area contributed by atoms with Crippen molar-refractivity contribution in [2.75, 3.05) is 13.1 Å². The fourth-order valence-corrected chi connectivity index (χ4v) is 2.67. The van der Waals surface area contributed by atoms with Crippen LogP contribution in [0.3, 0.4) is 0 Å². The van der Waals surface area contributed by atoms with E-state index >= 15 is 0 Å². The van der Waals surface area contributed by atoms with Crippen LogP contribution in [0.5, 0.6) is 0 Å². The quantitative estimate of drug-likeness (QED) is 0.893. The van der Waals surface area contributed by atoms with E-state index in [1.807, 2.05) is 24.3 Å². The summed E-state index contributed by atoms with van der Waals surface area (Å²) in [5.41, 5.74) is 1.13. The maximum absolute atomic E-state index is 12.3. The Morgan fingerprint density at radius 1 is 1.29 bits per heavy atom. The van der Waals surface area contributed by atoms with Gasteiger partial charge in [-0.15, -0.1) is 0 Å². The third kappa shape index (κ3) is 2.61. The second-order valence-corrected chi connectivity index (χ2v) is 5.35. The molecule has 0 bridgehead atoms. The van der Waals surface area contributed by atoms with E-state index in [0.29, 0.717) is 5.69 Å². The highest BCUT2D eigenvalue weighted by Crippen LogP contribution is 2.15. The highest BCUT2D eigenvalue weighted by Gasteiger charge is 2.25. The number of H-pyrrole nitrogens is 1. The fraction of sp³-hybridized carbons (Fsp3) is 0.400. The molecule has 1 saturated heterocycles. The molecular formula is C15H18N4O2. The van der Waals surface area contributed by atoms with Gasteiger partial charge in [-0.2, -0.15) is 5.10 Å². The molecule has 2 aromatic rings. The molecule has 1 aromatic carbocycles. The lowest BCUT2D eigenvalue weighted by atomic mass is 10.2. The van der Waals surface area contributed by atoms with Crippen LogP contribution < -0.4 is 5.32 Å². The summed E-state index contributed by atoms with van der Waals surface area (Å²) in [7, 11) is 0. The number of hydrogen-bond donors (Lipinski definition) is 2. The SMILES string of the molecule is CC(NC(=O)c1n[nH]c2ccccc12)C(=O)N1CCCC1. The Kier molecular flexibility index (Phi) is 3.60. The third-order valence-electron chi connectivity index (χ3n) is 3.82. The zero-order valence-electron chi connectivity index (χ0n) is 11.9. The normalized spacial score (nSPS) is 16.1. The minimum absolute atomic E-state index is 0.0271. The fourth-order valence-electron chi connectivity index (χ4n) is 2.67. The van der Waals surface area contributed by atoms with Crippen LogP contribution >= 0.6 is 0 Å². The van der Waals surface area contributed by atoms with Crippen LogP contribution in [0.25, 0.3) is 10.9 Å². The van der Waals surface area contributed by atoms with Crippen molar-refractivity contribution in [1.82, 2.24) is 20.4 Å². The van der Waals surface area contributed by atoms with Gasteiger partial charge in [-0.3, -0.25) is 14.7 Å². The molecular weight excluding hydrogens is 268 g/mol. The molecule has 6 heteroatoms. The lowest BCUT2D eigenvalue weighted by molar-refractivity contribution is -0.131. The maximum Gasteiger partial charge on any atom is 0.273 e. The summed E-state index contributed by atoms with van der Waals surface area (Å²) < 4.78 is 0. The summed E-state index contributed by atoms with van der Waals surface area (Å²) in [4.78, 5) is 26.3. The molecule has 21 heavy (non-hydrogen) atoms. The van der Waals surface area contributed by atoms with Crippen molar-refractivity contribution >= 4 is 22.7 Å². The van der Waals surface area contributed by atoms with Gasteiger partial charge in [0.1, 0.15) is 6.04 Å². The number of amides is 2. The van der Waals surface area contributed by atoms with Crippen LogP contribution in [0, 0.1) is 0 Å². The molecule has 0 spiro atoms. The van der Waals surface area contributed by atoms with Crippen LogP contribution in [0.4, 0.5) is 0 Å². The average molecular weight is 286 g/mol. The first-order valence-electron chi connectivity index (χ1n) is 7.19. The van der Waals surface area contributed by atoms with Crippen LogP contribution in [0.1, 0.15) is 30.3 Å². The molecule has 2 amide bonds. The second-order valence-electron chi connectivity index (χ2n) is 5.35. The van der Waals surface area contributed by atoms with Crippen LogP contribution in [0.15, 0.2) is 24.3 Å². The monoisotopic (exact) mass is 286 g/mol. The van der Waals surface area contributed by atoms with Crippen molar-refractivity contribution in [3.05, 3.63) is 30.0 Å². The van der Waals surface area contributed by atoms with E-state index < -0.39 is 6.04 Å². The van der Waals surface area contributed by atoms with E-state index in [2.05, 4.69) is 15.5 Å². The molecule has 2 heterocycles. The topological polar surface area (TPSA) is 78.1 Å². The Morgan fingerprint density at radius 3 is 2.76 bits per heavy atom. The highest BCUT2D eigenvalue weighted by atomic mass is 16.2. The largest absolute Gasteiger partial charge is 0.341 e. The van der Waals surface area contributed by atoms with Gasteiger partial charge in [-0.05, 0) is 25.8 Å². The predicted molar refractivity (Wildman–Crippen MR) is 78.8 cm³/mol.